The van der Waals surface area contributed by atoms with Crippen LogP contribution >= 0.6 is 0 Å². The Morgan fingerprint density at radius 2 is 1.90 bits per heavy atom. The third-order valence-electron chi connectivity index (χ3n) is 4.39. The van der Waals surface area contributed by atoms with Gasteiger partial charge in [-0.3, -0.25) is 9.69 Å². The van der Waals surface area contributed by atoms with Crippen LogP contribution in [0.1, 0.15) is 25.7 Å². The molecule has 0 amide bonds. The van der Waals surface area contributed by atoms with Crippen molar-refractivity contribution >= 4 is 5.97 Å². The van der Waals surface area contributed by atoms with Gasteiger partial charge in [0.1, 0.15) is 6.04 Å². The largest absolute Gasteiger partial charge is 0.480 e. The summed E-state index contributed by atoms with van der Waals surface area (Å²) in [5.41, 5.74) is 0. The quantitative estimate of drug-likeness (QED) is 0.642. The number of hydrogen-bond acceptors (Lipinski definition) is 5. The first-order valence-corrected chi connectivity index (χ1v) is 7.62. The number of aliphatic hydroxyl groups excluding tert-OH is 1. The van der Waals surface area contributed by atoms with Gasteiger partial charge >= 0.3 is 5.97 Å². The number of ether oxygens (including phenoxy) is 1. The first-order valence-electron chi connectivity index (χ1n) is 7.62. The minimum Gasteiger partial charge on any atom is -0.480 e. The number of carboxylic acid groups (broad SMARTS) is 1. The lowest BCUT2D eigenvalue weighted by molar-refractivity contribution is -0.143. The highest BCUT2D eigenvalue weighted by molar-refractivity contribution is 5.73. The Balaban J connectivity index is 1.70. The van der Waals surface area contributed by atoms with Crippen LogP contribution in [-0.4, -0.2) is 84.1 Å². The molecule has 116 valence electrons. The average Bonchev–Trinajstić information content (AvgIpc) is 2.94. The highest BCUT2D eigenvalue weighted by atomic mass is 16.5. The van der Waals surface area contributed by atoms with Crippen LogP contribution in [0.4, 0.5) is 0 Å². The Hall–Kier alpha value is -0.690. The Kier molecular flexibility index (Phi) is 6.22. The van der Waals surface area contributed by atoms with Gasteiger partial charge in [-0.25, -0.2) is 0 Å². The fourth-order valence-electron chi connectivity index (χ4n) is 3.33. The maximum atomic E-state index is 11.2. The molecule has 6 heteroatoms. The summed E-state index contributed by atoms with van der Waals surface area (Å²) in [6, 6.07) is 0.160. The second-order valence-corrected chi connectivity index (χ2v) is 5.64. The summed E-state index contributed by atoms with van der Waals surface area (Å²) < 4.78 is 5.28. The van der Waals surface area contributed by atoms with E-state index in [0.717, 1.165) is 51.9 Å². The summed E-state index contributed by atoms with van der Waals surface area (Å²) in [5, 5.41) is 17.9. The second kappa shape index (κ2) is 7.93. The molecule has 1 unspecified atom stereocenters. The molecular formula is C14H26N2O4. The maximum Gasteiger partial charge on any atom is 0.320 e. The van der Waals surface area contributed by atoms with Crippen molar-refractivity contribution in [2.45, 2.75) is 37.8 Å². The lowest BCUT2D eigenvalue weighted by Crippen LogP contribution is -2.49. The molecule has 2 heterocycles. The number of carboxylic acids is 1. The van der Waals surface area contributed by atoms with Gasteiger partial charge in [0.15, 0.2) is 0 Å². The predicted molar refractivity (Wildman–Crippen MR) is 74.7 cm³/mol. The Morgan fingerprint density at radius 3 is 2.55 bits per heavy atom. The SMILES string of the molecule is O=C(O)C1CCCN1C1CCN(CCOCCO)CC1. The van der Waals surface area contributed by atoms with Crippen molar-refractivity contribution < 1.29 is 19.7 Å². The van der Waals surface area contributed by atoms with E-state index in [2.05, 4.69) is 9.80 Å². The molecule has 6 nitrogen and oxygen atoms in total. The molecule has 0 spiro atoms. The van der Waals surface area contributed by atoms with E-state index < -0.39 is 5.97 Å². The summed E-state index contributed by atoms with van der Waals surface area (Å²) in [4.78, 5) is 15.8. The monoisotopic (exact) mass is 286 g/mol. The molecule has 2 aliphatic rings. The molecular weight excluding hydrogens is 260 g/mol. The predicted octanol–water partition coefficient (Wildman–Crippen LogP) is 0.00870. The normalized spacial score (nSPS) is 26.1. The maximum absolute atomic E-state index is 11.2. The number of aliphatic carboxylic acids is 1. The van der Waals surface area contributed by atoms with E-state index in [9.17, 15) is 9.90 Å². The molecule has 0 radical (unpaired) electrons. The van der Waals surface area contributed by atoms with Gasteiger partial charge in [0, 0.05) is 12.6 Å². The van der Waals surface area contributed by atoms with Crippen LogP contribution in [0.3, 0.4) is 0 Å². The molecule has 0 aromatic carbocycles. The average molecular weight is 286 g/mol. The van der Waals surface area contributed by atoms with Gasteiger partial charge in [0.05, 0.1) is 19.8 Å². The summed E-state index contributed by atoms with van der Waals surface area (Å²) >= 11 is 0. The van der Waals surface area contributed by atoms with Crippen LogP contribution in [0.5, 0.6) is 0 Å². The molecule has 0 bridgehead atoms. The zero-order chi connectivity index (χ0) is 14.4. The lowest BCUT2D eigenvalue weighted by Gasteiger charge is -2.38. The van der Waals surface area contributed by atoms with E-state index in [-0.39, 0.29) is 12.6 Å². The van der Waals surface area contributed by atoms with Crippen LogP contribution < -0.4 is 0 Å². The number of piperidine rings is 1. The van der Waals surface area contributed by atoms with E-state index >= 15 is 0 Å². The molecule has 20 heavy (non-hydrogen) atoms. The standard InChI is InChI=1S/C14H26N2O4/c17-9-11-20-10-8-15-6-3-12(4-7-15)16-5-1-2-13(16)14(18)19/h12-13,17H,1-11H2,(H,18,19). The topological polar surface area (TPSA) is 73.2 Å². The van der Waals surface area contributed by atoms with Crippen LogP contribution in [0, 0.1) is 0 Å². The fraction of sp³-hybridized carbons (Fsp3) is 0.929. The van der Waals surface area contributed by atoms with Gasteiger partial charge in [0.2, 0.25) is 0 Å². The fourth-order valence-corrected chi connectivity index (χ4v) is 3.33. The van der Waals surface area contributed by atoms with Crippen LogP contribution in [0.2, 0.25) is 0 Å². The molecule has 0 aromatic heterocycles. The molecule has 2 saturated heterocycles. The second-order valence-electron chi connectivity index (χ2n) is 5.64. The van der Waals surface area contributed by atoms with Crippen LogP contribution in [0.25, 0.3) is 0 Å². The summed E-state index contributed by atoms with van der Waals surface area (Å²) in [6.07, 6.45) is 3.89. The zero-order valence-electron chi connectivity index (χ0n) is 12.0. The van der Waals surface area contributed by atoms with Crippen LogP contribution in [0.15, 0.2) is 0 Å². The molecule has 2 fully saturated rings. The van der Waals surface area contributed by atoms with Gasteiger partial charge in [-0.2, -0.15) is 0 Å². The van der Waals surface area contributed by atoms with Gasteiger partial charge in [-0.15, -0.1) is 0 Å². The van der Waals surface area contributed by atoms with Gasteiger partial charge in [-0.1, -0.05) is 0 Å². The van der Waals surface area contributed by atoms with E-state index in [0.29, 0.717) is 19.3 Å². The summed E-state index contributed by atoms with van der Waals surface area (Å²) in [6.45, 7) is 4.99. The molecule has 2 aliphatic heterocycles. The third-order valence-corrected chi connectivity index (χ3v) is 4.39. The van der Waals surface area contributed by atoms with Crippen molar-refractivity contribution in [1.82, 2.24) is 9.80 Å². The molecule has 2 N–H and O–H groups in total. The Labute approximate surface area is 120 Å². The Bertz CT molecular complexity index is 306. The number of hydrogen-bond donors (Lipinski definition) is 2. The van der Waals surface area contributed by atoms with Gasteiger partial charge in [-0.05, 0) is 45.3 Å². The lowest BCUT2D eigenvalue weighted by atomic mass is 10.0. The highest BCUT2D eigenvalue weighted by Crippen LogP contribution is 2.26. The molecule has 0 saturated carbocycles. The minimum absolute atomic E-state index is 0.0770. The van der Waals surface area contributed by atoms with E-state index in [1.165, 1.54) is 0 Å². The molecule has 1 atom stereocenters. The summed E-state index contributed by atoms with van der Waals surface area (Å²) in [7, 11) is 0. The molecule has 0 aromatic rings. The minimum atomic E-state index is -0.665. The smallest absolute Gasteiger partial charge is 0.320 e. The first-order chi connectivity index (χ1) is 9.72. The number of likely N-dealkylation sites (tertiary alicyclic amines) is 2. The summed E-state index contributed by atoms with van der Waals surface area (Å²) in [5.74, 6) is -0.665. The number of aliphatic hydroxyl groups is 1. The van der Waals surface area contributed by atoms with Gasteiger partial charge in [0.25, 0.3) is 0 Å². The number of carbonyl (C=O) groups is 1. The van der Waals surface area contributed by atoms with Crippen molar-refractivity contribution in [3.8, 4) is 0 Å². The molecule has 2 rings (SSSR count). The van der Waals surface area contributed by atoms with Crippen molar-refractivity contribution in [3.63, 3.8) is 0 Å². The van der Waals surface area contributed by atoms with Crippen molar-refractivity contribution in [2.24, 2.45) is 0 Å². The highest BCUT2D eigenvalue weighted by Gasteiger charge is 2.36. The van der Waals surface area contributed by atoms with Crippen molar-refractivity contribution in [1.29, 1.82) is 0 Å². The number of nitrogens with zero attached hydrogens (tertiary/aromatic N) is 2. The van der Waals surface area contributed by atoms with Gasteiger partial charge < -0.3 is 19.8 Å². The van der Waals surface area contributed by atoms with Crippen molar-refractivity contribution in [3.05, 3.63) is 0 Å². The Morgan fingerprint density at radius 1 is 1.15 bits per heavy atom. The van der Waals surface area contributed by atoms with Crippen molar-refractivity contribution in [2.75, 3.05) is 46.0 Å². The third kappa shape index (κ3) is 4.15. The zero-order valence-corrected chi connectivity index (χ0v) is 12.0. The van der Waals surface area contributed by atoms with Crippen LogP contribution in [-0.2, 0) is 9.53 Å². The van der Waals surface area contributed by atoms with E-state index in [1.54, 1.807) is 0 Å². The molecule has 0 aliphatic carbocycles. The van der Waals surface area contributed by atoms with E-state index in [4.69, 9.17) is 9.84 Å². The van der Waals surface area contributed by atoms with E-state index in [1.807, 2.05) is 0 Å². The number of rotatable bonds is 7. The first kappa shape index (κ1) is 15.7.